The van der Waals surface area contributed by atoms with E-state index in [4.69, 9.17) is 13.8 Å². The molecule has 0 aliphatic rings. The SMILES string of the molecule is c1ccc(-c2ccc(-c3ccccc3N(c3ccc(-c4ccccc4)cc3)c3ccc4c(c3)oc3cc5oc(-c6ccccc6)nc5cc34)cc2)cc1. The Morgan fingerprint density at radius 1 is 0.358 bits per heavy atom. The molecule has 10 aromatic rings. The highest BCUT2D eigenvalue weighted by atomic mass is 16.4. The van der Waals surface area contributed by atoms with Gasteiger partial charge in [-0.1, -0.05) is 133 Å². The van der Waals surface area contributed by atoms with Gasteiger partial charge in [0.1, 0.15) is 16.7 Å². The summed E-state index contributed by atoms with van der Waals surface area (Å²) in [5.41, 5.74) is 14.1. The Morgan fingerprint density at radius 2 is 0.887 bits per heavy atom. The Labute approximate surface area is 306 Å². The average molecular weight is 681 g/mol. The van der Waals surface area contributed by atoms with Crippen LogP contribution >= 0.6 is 0 Å². The van der Waals surface area contributed by atoms with Gasteiger partial charge in [0.2, 0.25) is 5.89 Å². The van der Waals surface area contributed by atoms with Gasteiger partial charge in [0.15, 0.2) is 5.58 Å². The molecular formula is C49H32N2O2. The number of para-hydroxylation sites is 1. The Hall–Kier alpha value is -7.17. The average Bonchev–Trinajstić information content (AvgIpc) is 3.82. The summed E-state index contributed by atoms with van der Waals surface area (Å²) in [7, 11) is 0. The monoisotopic (exact) mass is 680 g/mol. The van der Waals surface area contributed by atoms with Crippen LogP contribution in [0, 0.1) is 0 Å². The minimum absolute atomic E-state index is 0.599. The molecule has 0 fully saturated rings. The van der Waals surface area contributed by atoms with Crippen LogP contribution in [-0.4, -0.2) is 4.98 Å². The topological polar surface area (TPSA) is 42.4 Å². The van der Waals surface area contributed by atoms with E-state index in [2.05, 4.69) is 157 Å². The number of anilines is 3. The van der Waals surface area contributed by atoms with Crippen molar-refractivity contribution in [1.29, 1.82) is 0 Å². The van der Waals surface area contributed by atoms with E-state index in [0.717, 1.165) is 61.2 Å². The lowest BCUT2D eigenvalue weighted by Crippen LogP contribution is -2.11. The summed E-state index contributed by atoms with van der Waals surface area (Å²) in [5.74, 6) is 0.599. The summed E-state index contributed by atoms with van der Waals surface area (Å²) < 4.78 is 12.8. The molecular weight excluding hydrogens is 649 g/mol. The number of fused-ring (bicyclic) bond motifs is 4. The van der Waals surface area contributed by atoms with Gasteiger partial charge in [0.05, 0.1) is 5.69 Å². The van der Waals surface area contributed by atoms with Crippen LogP contribution in [0.5, 0.6) is 0 Å². The van der Waals surface area contributed by atoms with Crippen molar-refractivity contribution >= 4 is 50.1 Å². The summed E-state index contributed by atoms with van der Waals surface area (Å²) >= 11 is 0. The normalized spacial score (nSPS) is 11.4. The third-order valence-electron chi connectivity index (χ3n) is 9.92. The molecule has 4 heteroatoms. The largest absolute Gasteiger partial charge is 0.456 e. The van der Waals surface area contributed by atoms with Gasteiger partial charge >= 0.3 is 0 Å². The molecule has 0 N–H and O–H groups in total. The van der Waals surface area contributed by atoms with Crippen LogP contribution in [0.25, 0.3) is 77.9 Å². The molecule has 0 spiro atoms. The smallest absolute Gasteiger partial charge is 0.227 e. The zero-order valence-electron chi connectivity index (χ0n) is 28.7. The van der Waals surface area contributed by atoms with Gasteiger partial charge in [0.25, 0.3) is 0 Å². The van der Waals surface area contributed by atoms with Gasteiger partial charge < -0.3 is 13.7 Å². The van der Waals surface area contributed by atoms with E-state index >= 15 is 0 Å². The first-order valence-corrected chi connectivity index (χ1v) is 17.8. The quantitative estimate of drug-likeness (QED) is 0.168. The molecule has 0 unspecified atom stereocenters. The van der Waals surface area contributed by atoms with Crippen molar-refractivity contribution in [3.63, 3.8) is 0 Å². The molecule has 250 valence electrons. The van der Waals surface area contributed by atoms with Crippen LogP contribution in [-0.2, 0) is 0 Å². The van der Waals surface area contributed by atoms with Crippen molar-refractivity contribution in [1.82, 2.24) is 4.98 Å². The second-order valence-electron chi connectivity index (χ2n) is 13.2. The van der Waals surface area contributed by atoms with Gasteiger partial charge in [-0.2, -0.15) is 0 Å². The fourth-order valence-electron chi connectivity index (χ4n) is 7.28. The number of aromatic nitrogens is 1. The molecule has 8 aromatic carbocycles. The second-order valence-corrected chi connectivity index (χ2v) is 13.2. The van der Waals surface area contributed by atoms with Gasteiger partial charge in [-0.25, -0.2) is 4.98 Å². The summed E-state index contributed by atoms with van der Waals surface area (Å²) in [5, 5.41) is 2.03. The first kappa shape index (κ1) is 30.6. The number of rotatable bonds is 7. The predicted molar refractivity (Wildman–Crippen MR) is 218 cm³/mol. The van der Waals surface area contributed by atoms with Crippen molar-refractivity contribution in [3.8, 4) is 44.8 Å². The van der Waals surface area contributed by atoms with E-state index < -0.39 is 0 Å². The molecule has 0 amide bonds. The number of benzene rings is 8. The highest BCUT2D eigenvalue weighted by Gasteiger charge is 2.20. The fraction of sp³-hybridized carbons (Fsp3) is 0. The summed E-state index contributed by atoms with van der Waals surface area (Å²) in [6.45, 7) is 0. The molecule has 53 heavy (non-hydrogen) atoms. The molecule has 10 rings (SSSR count). The Bertz CT molecular complexity index is 2860. The molecule has 0 saturated heterocycles. The van der Waals surface area contributed by atoms with E-state index in [1.807, 2.05) is 42.5 Å². The van der Waals surface area contributed by atoms with Crippen molar-refractivity contribution in [2.24, 2.45) is 0 Å². The molecule has 2 heterocycles. The number of hydrogen-bond acceptors (Lipinski definition) is 4. The maximum atomic E-state index is 6.57. The van der Waals surface area contributed by atoms with Crippen molar-refractivity contribution in [2.45, 2.75) is 0 Å². The Balaban J connectivity index is 1.09. The summed E-state index contributed by atoms with van der Waals surface area (Å²) in [4.78, 5) is 7.14. The number of furan rings is 1. The lowest BCUT2D eigenvalue weighted by Gasteiger charge is -2.28. The third-order valence-corrected chi connectivity index (χ3v) is 9.92. The van der Waals surface area contributed by atoms with Crippen LogP contribution in [0.1, 0.15) is 0 Å². The van der Waals surface area contributed by atoms with Crippen molar-refractivity contribution in [3.05, 3.63) is 194 Å². The highest BCUT2D eigenvalue weighted by Crippen LogP contribution is 2.44. The van der Waals surface area contributed by atoms with Gasteiger partial charge in [0, 0.05) is 45.4 Å². The third kappa shape index (κ3) is 5.63. The van der Waals surface area contributed by atoms with Crippen LogP contribution in [0.4, 0.5) is 17.1 Å². The Morgan fingerprint density at radius 3 is 1.57 bits per heavy atom. The van der Waals surface area contributed by atoms with Gasteiger partial charge in [-0.15, -0.1) is 0 Å². The van der Waals surface area contributed by atoms with E-state index in [0.29, 0.717) is 11.5 Å². The second kappa shape index (κ2) is 12.9. The maximum absolute atomic E-state index is 6.57. The molecule has 0 aliphatic heterocycles. The van der Waals surface area contributed by atoms with E-state index in [1.54, 1.807) is 0 Å². The molecule has 0 saturated carbocycles. The van der Waals surface area contributed by atoms with Crippen molar-refractivity contribution < 1.29 is 8.83 Å². The van der Waals surface area contributed by atoms with Crippen LogP contribution in [0.15, 0.2) is 203 Å². The van der Waals surface area contributed by atoms with E-state index in [1.165, 1.54) is 22.3 Å². The molecule has 2 aromatic heterocycles. The summed E-state index contributed by atoms with van der Waals surface area (Å²) in [6.07, 6.45) is 0. The highest BCUT2D eigenvalue weighted by molar-refractivity contribution is 6.10. The zero-order valence-corrected chi connectivity index (χ0v) is 28.7. The molecule has 4 nitrogen and oxygen atoms in total. The predicted octanol–water partition coefficient (Wildman–Crippen LogP) is 13.9. The molecule has 0 bridgehead atoms. The van der Waals surface area contributed by atoms with E-state index in [9.17, 15) is 0 Å². The minimum Gasteiger partial charge on any atom is -0.456 e. The van der Waals surface area contributed by atoms with Gasteiger partial charge in [-0.05, 0) is 76.3 Å². The zero-order chi connectivity index (χ0) is 35.1. The fourth-order valence-corrected chi connectivity index (χ4v) is 7.28. The lowest BCUT2D eigenvalue weighted by molar-refractivity contribution is 0.617. The van der Waals surface area contributed by atoms with Crippen molar-refractivity contribution in [2.75, 3.05) is 4.90 Å². The van der Waals surface area contributed by atoms with Gasteiger partial charge in [-0.3, -0.25) is 0 Å². The molecule has 0 radical (unpaired) electrons. The standard InChI is InChI=1S/C49H32N2O2/c1-4-12-33(13-5-1)35-20-22-37(23-21-35)41-18-10-11-19-45(41)51(39-26-24-36(25-27-39)34-14-6-2-7-15-34)40-28-29-42-43-31-44-48(32-47(43)52-46(42)30-40)53-49(50-44)38-16-8-3-9-17-38/h1-32H. The lowest BCUT2D eigenvalue weighted by atomic mass is 9.98. The Kier molecular flexibility index (Phi) is 7.43. The summed E-state index contributed by atoms with van der Waals surface area (Å²) in [6, 6.07) is 67.7. The first-order valence-electron chi connectivity index (χ1n) is 17.8. The number of hydrogen-bond donors (Lipinski definition) is 0. The van der Waals surface area contributed by atoms with Crippen LogP contribution in [0.3, 0.4) is 0 Å². The van der Waals surface area contributed by atoms with E-state index in [-0.39, 0.29) is 0 Å². The molecule has 0 atom stereocenters. The van der Waals surface area contributed by atoms with Crippen LogP contribution < -0.4 is 4.90 Å². The number of oxazole rings is 1. The minimum atomic E-state index is 0.599. The maximum Gasteiger partial charge on any atom is 0.227 e. The number of nitrogens with zero attached hydrogens (tertiary/aromatic N) is 2. The molecule has 0 aliphatic carbocycles. The van der Waals surface area contributed by atoms with Crippen LogP contribution in [0.2, 0.25) is 0 Å². The first-order chi connectivity index (χ1) is 26.2.